The first-order valence-electron chi connectivity index (χ1n) is 21.7. The third kappa shape index (κ3) is 5.03. The number of para-hydroxylation sites is 1. The molecule has 0 aliphatic rings. The molecule has 0 aliphatic heterocycles. The molecule has 5 heteroatoms. The molecule has 3 aromatic heterocycles. The second-order valence-electron chi connectivity index (χ2n) is 16.7. The molecule has 0 radical (unpaired) electrons. The van der Waals surface area contributed by atoms with Gasteiger partial charge in [-0.3, -0.25) is 4.57 Å². The van der Waals surface area contributed by atoms with Gasteiger partial charge in [0, 0.05) is 43.4 Å². The number of rotatable bonds is 4. The maximum Gasteiger partial charge on any atom is 0.238 e. The van der Waals surface area contributed by atoms with E-state index >= 15 is 0 Å². The first kappa shape index (κ1) is 35.0. The Morgan fingerprint density at radius 3 is 1.67 bits per heavy atom. The van der Waals surface area contributed by atoms with Crippen LogP contribution in [-0.2, 0) is 0 Å². The minimum absolute atomic E-state index is 0.541. The fourth-order valence-corrected chi connectivity index (χ4v) is 10.4. The molecular formula is C59H34N4O. The third-order valence-corrected chi connectivity index (χ3v) is 13.2. The smallest absolute Gasteiger partial charge is 0.238 e. The maximum atomic E-state index is 6.73. The number of fused-ring (bicyclic) bond motifs is 15. The molecule has 296 valence electrons. The van der Waals surface area contributed by atoms with Crippen molar-refractivity contribution in [3.63, 3.8) is 0 Å². The Bertz CT molecular complexity index is 4270. The van der Waals surface area contributed by atoms with Gasteiger partial charge >= 0.3 is 0 Å². The standard InChI is InChI=1S/C59H34N4O/c1-6-20-40-35(15-1)30-32-51-53(40)48-31-29-36-16-2-7-21-41(36)55(48)63(51)59-61-57(46-26-12-11-25-45(46)49-33-37-17-3-5-19-39(37)43-23-9-10-24-44(43)49)60-58(62-59)50-34-38-18-4-8-22-42(38)56-54(50)47-27-13-14-28-52(47)64-56/h1-34H. The summed E-state index contributed by atoms with van der Waals surface area (Å²) in [6, 6.07) is 73.3. The van der Waals surface area contributed by atoms with E-state index in [1.807, 2.05) is 12.1 Å². The molecule has 14 aromatic rings. The molecule has 0 fully saturated rings. The van der Waals surface area contributed by atoms with Crippen LogP contribution in [0, 0.1) is 0 Å². The van der Waals surface area contributed by atoms with Gasteiger partial charge in [0.25, 0.3) is 0 Å². The summed E-state index contributed by atoms with van der Waals surface area (Å²) in [7, 11) is 0. The largest absolute Gasteiger partial charge is 0.455 e. The van der Waals surface area contributed by atoms with Crippen LogP contribution in [0.4, 0.5) is 0 Å². The Morgan fingerprint density at radius 2 is 0.875 bits per heavy atom. The topological polar surface area (TPSA) is 56.7 Å². The quantitative estimate of drug-likeness (QED) is 0.166. The van der Waals surface area contributed by atoms with Gasteiger partial charge in [0.05, 0.1) is 11.0 Å². The molecule has 11 aromatic carbocycles. The molecular weight excluding hydrogens is 781 g/mol. The van der Waals surface area contributed by atoms with Crippen LogP contribution in [0.5, 0.6) is 0 Å². The zero-order valence-electron chi connectivity index (χ0n) is 34.3. The van der Waals surface area contributed by atoms with Gasteiger partial charge in [0.1, 0.15) is 11.2 Å². The Kier molecular flexibility index (Phi) is 7.33. The summed E-state index contributed by atoms with van der Waals surface area (Å²) in [6.45, 7) is 0. The van der Waals surface area contributed by atoms with Crippen LogP contribution in [0.25, 0.3) is 137 Å². The lowest BCUT2D eigenvalue weighted by atomic mass is 9.91. The van der Waals surface area contributed by atoms with E-state index in [2.05, 4.69) is 199 Å². The van der Waals surface area contributed by atoms with Gasteiger partial charge in [0.15, 0.2) is 11.6 Å². The van der Waals surface area contributed by atoms with E-state index in [9.17, 15) is 0 Å². The summed E-state index contributed by atoms with van der Waals surface area (Å²) in [6.07, 6.45) is 0. The van der Waals surface area contributed by atoms with Crippen molar-refractivity contribution in [3.8, 4) is 39.9 Å². The highest BCUT2D eigenvalue weighted by atomic mass is 16.3. The molecule has 0 spiro atoms. The third-order valence-electron chi connectivity index (χ3n) is 13.2. The van der Waals surface area contributed by atoms with Gasteiger partial charge in [-0.05, 0) is 78.5 Å². The predicted octanol–water partition coefficient (Wildman–Crippen LogP) is 15.6. The van der Waals surface area contributed by atoms with Crippen LogP contribution in [0.15, 0.2) is 211 Å². The molecule has 0 saturated heterocycles. The van der Waals surface area contributed by atoms with Crippen molar-refractivity contribution in [1.29, 1.82) is 0 Å². The zero-order valence-corrected chi connectivity index (χ0v) is 34.3. The zero-order chi connectivity index (χ0) is 41.9. The molecule has 0 N–H and O–H groups in total. The lowest BCUT2D eigenvalue weighted by molar-refractivity contribution is 0.672. The molecule has 0 amide bonds. The normalized spacial score (nSPS) is 12.1. The second kappa shape index (κ2) is 13.4. The van der Waals surface area contributed by atoms with Crippen LogP contribution in [0.3, 0.4) is 0 Å². The SMILES string of the molecule is c1ccc(-c2cc3ccccc3c3ccccc23)c(-c2nc(-c3cc4ccccc4c4oc5ccccc5c34)nc(-n3c4ccc5ccccc5c4c4ccc5ccccc5c43)n2)c1. The first-order valence-corrected chi connectivity index (χ1v) is 21.7. The first-order chi connectivity index (χ1) is 31.7. The summed E-state index contributed by atoms with van der Waals surface area (Å²) < 4.78 is 9.00. The van der Waals surface area contributed by atoms with E-state index in [-0.39, 0.29) is 0 Å². The second-order valence-corrected chi connectivity index (χ2v) is 16.7. The van der Waals surface area contributed by atoms with E-state index < -0.39 is 0 Å². The van der Waals surface area contributed by atoms with Crippen LogP contribution in [0.2, 0.25) is 0 Å². The molecule has 0 atom stereocenters. The van der Waals surface area contributed by atoms with Crippen LogP contribution >= 0.6 is 0 Å². The van der Waals surface area contributed by atoms with E-state index in [0.29, 0.717) is 17.6 Å². The van der Waals surface area contributed by atoms with Gasteiger partial charge in [-0.25, -0.2) is 4.98 Å². The fourth-order valence-electron chi connectivity index (χ4n) is 10.4. The number of benzene rings is 11. The number of hydrogen-bond donors (Lipinski definition) is 0. The molecule has 0 aliphatic carbocycles. The molecule has 0 bridgehead atoms. The summed E-state index contributed by atoms with van der Waals surface area (Å²) in [5, 5.41) is 15.8. The number of nitrogens with zero attached hydrogens (tertiary/aromatic N) is 4. The summed E-state index contributed by atoms with van der Waals surface area (Å²) >= 11 is 0. The average molecular weight is 815 g/mol. The molecule has 64 heavy (non-hydrogen) atoms. The Balaban J connectivity index is 1.14. The highest BCUT2D eigenvalue weighted by Gasteiger charge is 2.25. The van der Waals surface area contributed by atoms with Crippen molar-refractivity contribution in [1.82, 2.24) is 19.5 Å². The fraction of sp³-hybridized carbons (Fsp3) is 0. The van der Waals surface area contributed by atoms with Crippen molar-refractivity contribution < 1.29 is 4.42 Å². The van der Waals surface area contributed by atoms with Crippen LogP contribution in [-0.4, -0.2) is 19.5 Å². The van der Waals surface area contributed by atoms with E-state index in [4.69, 9.17) is 19.4 Å². The van der Waals surface area contributed by atoms with E-state index in [1.54, 1.807) is 0 Å². The molecule has 14 rings (SSSR count). The van der Waals surface area contributed by atoms with E-state index in [0.717, 1.165) is 82.2 Å². The van der Waals surface area contributed by atoms with Gasteiger partial charge in [-0.15, -0.1) is 0 Å². The van der Waals surface area contributed by atoms with Crippen LogP contribution in [0.1, 0.15) is 0 Å². The monoisotopic (exact) mass is 814 g/mol. The lowest BCUT2D eigenvalue weighted by Gasteiger charge is -2.16. The maximum absolute atomic E-state index is 6.73. The molecule has 0 unspecified atom stereocenters. The van der Waals surface area contributed by atoms with Crippen molar-refractivity contribution >= 4 is 97.6 Å². The van der Waals surface area contributed by atoms with Gasteiger partial charge < -0.3 is 4.42 Å². The van der Waals surface area contributed by atoms with Gasteiger partial charge in [-0.2, -0.15) is 9.97 Å². The molecule has 3 heterocycles. The lowest BCUT2D eigenvalue weighted by Crippen LogP contribution is -2.07. The van der Waals surface area contributed by atoms with Gasteiger partial charge in [0.2, 0.25) is 5.95 Å². The van der Waals surface area contributed by atoms with Crippen molar-refractivity contribution in [2.24, 2.45) is 0 Å². The Morgan fingerprint density at radius 1 is 0.328 bits per heavy atom. The number of hydrogen-bond acceptors (Lipinski definition) is 4. The Labute approximate surface area is 366 Å². The highest BCUT2D eigenvalue weighted by Crippen LogP contribution is 2.44. The Hall–Kier alpha value is -8.67. The summed E-state index contributed by atoms with van der Waals surface area (Å²) in [5.41, 5.74) is 7.68. The number of furan rings is 1. The van der Waals surface area contributed by atoms with Crippen molar-refractivity contribution in [2.75, 3.05) is 0 Å². The van der Waals surface area contributed by atoms with E-state index in [1.165, 1.54) is 37.7 Å². The number of aromatic nitrogens is 4. The minimum Gasteiger partial charge on any atom is -0.455 e. The average Bonchev–Trinajstić information content (AvgIpc) is 3.93. The molecule has 0 saturated carbocycles. The van der Waals surface area contributed by atoms with Gasteiger partial charge in [-0.1, -0.05) is 182 Å². The predicted molar refractivity (Wildman–Crippen MR) is 265 cm³/mol. The van der Waals surface area contributed by atoms with Crippen molar-refractivity contribution in [2.45, 2.75) is 0 Å². The summed E-state index contributed by atoms with van der Waals surface area (Å²) in [4.78, 5) is 16.7. The van der Waals surface area contributed by atoms with Crippen LogP contribution < -0.4 is 0 Å². The summed E-state index contributed by atoms with van der Waals surface area (Å²) in [5.74, 6) is 1.69. The highest BCUT2D eigenvalue weighted by molar-refractivity contribution is 6.26. The minimum atomic E-state index is 0.541. The van der Waals surface area contributed by atoms with Crippen molar-refractivity contribution in [3.05, 3.63) is 206 Å². The molecule has 5 nitrogen and oxygen atoms in total.